The molecule has 2 aromatic rings. The quantitative estimate of drug-likeness (QED) is 0.858. The minimum Gasteiger partial charge on any atom is -0.497 e. The number of nitrogens with one attached hydrogen (secondary N) is 1. The highest BCUT2D eigenvalue weighted by Crippen LogP contribution is 2.28. The van der Waals surface area contributed by atoms with Gasteiger partial charge in [-0.2, -0.15) is 0 Å². The molecule has 0 bridgehead atoms. The van der Waals surface area contributed by atoms with Crippen LogP contribution in [0.2, 0.25) is 10.0 Å². The Morgan fingerprint density at radius 3 is 2.41 bits per heavy atom. The number of hydrogen-bond donors (Lipinski definition) is 1. The van der Waals surface area contributed by atoms with Crippen LogP contribution in [-0.4, -0.2) is 22.1 Å². The molecule has 0 fully saturated rings. The molecule has 0 aromatic heterocycles. The molecule has 0 saturated heterocycles. The van der Waals surface area contributed by atoms with E-state index in [9.17, 15) is 8.42 Å². The van der Waals surface area contributed by atoms with Gasteiger partial charge in [-0.1, -0.05) is 41.4 Å². The van der Waals surface area contributed by atoms with Crippen molar-refractivity contribution in [2.45, 2.75) is 11.3 Å². The van der Waals surface area contributed by atoms with Crippen molar-refractivity contribution in [3.8, 4) is 5.75 Å². The number of halogens is 2. The number of sulfonamides is 1. The van der Waals surface area contributed by atoms with E-state index in [1.807, 2.05) is 24.3 Å². The van der Waals surface area contributed by atoms with Crippen LogP contribution in [-0.2, 0) is 16.4 Å². The van der Waals surface area contributed by atoms with Crippen LogP contribution in [0.5, 0.6) is 5.75 Å². The molecule has 0 amide bonds. The van der Waals surface area contributed by atoms with E-state index in [1.54, 1.807) is 19.2 Å². The third-order valence-corrected chi connectivity index (χ3v) is 5.50. The highest BCUT2D eigenvalue weighted by Gasteiger charge is 2.18. The van der Waals surface area contributed by atoms with Gasteiger partial charge in [-0.3, -0.25) is 0 Å². The number of rotatable bonds is 6. The van der Waals surface area contributed by atoms with Crippen molar-refractivity contribution in [1.82, 2.24) is 4.72 Å². The molecule has 0 spiro atoms. The van der Waals surface area contributed by atoms with Crippen LogP contribution in [0.3, 0.4) is 0 Å². The molecule has 0 atom stereocenters. The Kier molecular flexibility index (Phi) is 5.69. The minimum atomic E-state index is -3.69. The zero-order valence-corrected chi connectivity index (χ0v) is 14.2. The van der Waals surface area contributed by atoms with Gasteiger partial charge in [-0.15, -0.1) is 0 Å². The average Bonchev–Trinajstić information content (AvgIpc) is 2.50. The minimum absolute atomic E-state index is 0.0172. The fourth-order valence-electron chi connectivity index (χ4n) is 1.89. The molecule has 0 saturated carbocycles. The van der Waals surface area contributed by atoms with Crippen LogP contribution in [0.25, 0.3) is 0 Å². The van der Waals surface area contributed by atoms with Crippen molar-refractivity contribution < 1.29 is 13.2 Å². The molecular formula is C15H15Cl2NO3S. The highest BCUT2D eigenvalue weighted by atomic mass is 35.5. The summed E-state index contributed by atoms with van der Waals surface area (Å²) < 4.78 is 32.0. The summed E-state index contributed by atoms with van der Waals surface area (Å²) in [4.78, 5) is -0.0172. The second kappa shape index (κ2) is 7.33. The molecule has 0 unspecified atom stereocenters. The number of hydrogen-bond acceptors (Lipinski definition) is 3. The Bertz CT molecular complexity index is 746. The van der Waals surface area contributed by atoms with E-state index in [0.717, 1.165) is 11.3 Å². The number of benzene rings is 2. The van der Waals surface area contributed by atoms with E-state index in [2.05, 4.69) is 4.72 Å². The summed E-state index contributed by atoms with van der Waals surface area (Å²) >= 11 is 11.8. The molecule has 2 aromatic carbocycles. The third kappa shape index (κ3) is 4.14. The molecule has 0 aliphatic carbocycles. The molecule has 0 aliphatic rings. The Balaban J connectivity index is 2.02. The van der Waals surface area contributed by atoms with Gasteiger partial charge < -0.3 is 4.74 Å². The van der Waals surface area contributed by atoms with Gasteiger partial charge in [0.2, 0.25) is 10.0 Å². The molecule has 7 heteroatoms. The lowest BCUT2D eigenvalue weighted by atomic mass is 10.1. The van der Waals surface area contributed by atoms with Crippen LogP contribution >= 0.6 is 23.2 Å². The fourth-order valence-corrected chi connectivity index (χ4v) is 3.68. The van der Waals surface area contributed by atoms with E-state index in [4.69, 9.17) is 27.9 Å². The van der Waals surface area contributed by atoms with Gasteiger partial charge in [-0.05, 0) is 36.2 Å². The largest absolute Gasteiger partial charge is 0.497 e. The molecular weight excluding hydrogens is 345 g/mol. The summed E-state index contributed by atoms with van der Waals surface area (Å²) in [5, 5.41) is 0.237. The summed E-state index contributed by atoms with van der Waals surface area (Å²) in [6.07, 6.45) is 0.557. The summed E-state index contributed by atoms with van der Waals surface area (Å²) in [7, 11) is -2.09. The topological polar surface area (TPSA) is 55.4 Å². The summed E-state index contributed by atoms with van der Waals surface area (Å²) in [6, 6.07) is 11.9. The number of methoxy groups -OCH3 is 1. The summed E-state index contributed by atoms with van der Waals surface area (Å²) in [5.74, 6) is 0.759. The highest BCUT2D eigenvalue weighted by molar-refractivity contribution is 7.89. The van der Waals surface area contributed by atoms with Gasteiger partial charge in [0.25, 0.3) is 0 Å². The maximum absolute atomic E-state index is 12.2. The predicted molar refractivity (Wildman–Crippen MR) is 88.3 cm³/mol. The SMILES string of the molecule is COc1ccc(CCNS(=O)(=O)c2cccc(Cl)c2Cl)cc1. The van der Waals surface area contributed by atoms with E-state index >= 15 is 0 Å². The molecule has 0 heterocycles. The predicted octanol–water partition coefficient (Wildman–Crippen LogP) is 3.52. The molecule has 0 radical (unpaired) electrons. The van der Waals surface area contributed by atoms with Crippen molar-refractivity contribution in [2.24, 2.45) is 0 Å². The molecule has 2 rings (SSSR count). The third-order valence-electron chi connectivity index (χ3n) is 3.07. The Labute approximate surface area is 140 Å². The standard InChI is InChI=1S/C15H15Cl2NO3S/c1-21-12-7-5-11(6-8-12)9-10-18-22(19,20)14-4-2-3-13(16)15(14)17/h2-8,18H,9-10H2,1H3. The lowest BCUT2D eigenvalue weighted by Crippen LogP contribution is -2.26. The van der Waals surface area contributed by atoms with E-state index in [-0.39, 0.29) is 21.5 Å². The van der Waals surface area contributed by atoms with Crippen molar-refractivity contribution in [3.05, 3.63) is 58.1 Å². The first-order chi connectivity index (χ1) is 10.4. The average molecular weight is 360 g/mol. The maximum atomic E-state index is 12.2. The van der Waals surface area contributed by atoms with E-state index in [0.29, 0.717) is 6.42 Å². The Morgan fingerprint density at radius 1 is 1.09 bits per heavy atom. The van der Waals surface area contributed by atoms with Crippen molar-refractivity contribution in [2.75, 3.05) is 13.7 Å². The first-order valence-electron chi connectivity index (χ1n) is 6.50. The maximum Gasteiger partial charge on any atom is 0.242 e. The van der Waals surface area contributed by atoms with Crippen molar-refractivity contribution >= 4 is 33.2 Å². The smallest absolute Gasteiger partial charge is 0.242 e. The van der Waals surface area contributed by atoms with E-state index < -0.39 is 10.0 Å². The van der Waals surface area contributed by atoms with Crippen LogP contribution in [0.15, 0.2) is 47.4 Å². The second-order valence-electron chi connectivity index (χ2n) is 4.55. The lowest BCUT2D eigenvalue weighted by molar-refractivity contribution is 0.414. The van der Waals surface area contributed by atoms with Crippen LogP contribution in [0.4, 0.5) is 0 Å². The van der Waals surface area contributed by atoms with Gasteiger partial charge in [0.05, 0.1) is 17.2 Å². The molecule has 0 aliphatic heterocycles. The Morgan fingerprint density at radius 2 is 1.77 bits per heavy atom. The fraction of sp³-hybridized carbons (Fsp3) is 0.200. The number of ether oxygens (including phenoxy) is 1. The van der Waals surface area contributed by atoms with Crippen LogP contribution < -0.4 is 9.46 Å². The van der Waals surface area contributed by atoms with Crippen molar-refractivity contribution in [3.63, 3.8) is 0 Å². The van der Waals surface area contributed by atoms with Gasteiger partial charge in [0.15, 0.2) is 0 Å². The molecule has 4 nitrogen and oxygen atoms in total. The van der Waals surface area contributed by atoms with Gasteiger partial charge in [-0.25, -0.2) is 13.1 Å². The first-order valence-corrected chi connectivity index (χ1v) is 8.74. The second-order valence-corrected chi connectivity index (χ2v) is 7.07. The van der Waals surface area contributed by atoms with Gasteiger partial charge in [0.1, 0.15) is 10.6 Å². The molecule has 22 heavy (non-hydrogen) atoms. The van der Waals surface area contributed by atoms with Crippen molar-refractivity contribution in [1.29, 1.82) is 0 Å². The monoisotopic (exact) mass is 359 g/mol. The summed E-state index contributed by atoms with van der Waals surface area (Å²) in [5.41, 5.74) is 1.00. The summed E-state index contributed by atoms with van der Waals surface area (Å²) in [6.45, 7) is 0.261. The zero-order chi connectivity index (χ0) is 16.2. The lowest BCUT2D eigenvalue weighted by Gasteiger charge is -2.09. The zero-order valence-electron chi connectivity index (χ0n) is 11.8. The molecule has 118 valence electrons. The van der Waals surface area contributed by atoms with Crippen LogP contribution in [0.1, 0.15) is 5.56 Å². The van der Waals surface area contributed by atoms with Crippen LogP contribution in [0, 0.1) is 0 Å². The van der Waals surface area contributed by atoms with Gasteiger partial charge in [0, 0.05) is 6.54 Å². The first kappa shape index (κ1) is 17.1. The molecule has 1 N–H and O–H groups in total. The Hall–Kier alpha value is -1.27. The van der Waals surface area contributed by atoms with Gasteiger partial charge >= 0.3 is 0 Å². The normalized spacial score (nSPS) is 11.4. The van der Waals surface area contributed by atoms with E-state index in [1.165, 1.54) is 6.07 Å².